The molecule has 1 aromatic rings. The summed E-state index contributed by atoms with van der Waals surface area (Å²) >= 11 is 0. The van der Waals surface area contributed by atoms with E-state index in [9.17, 15) is 4.79 Å². The first-order chi connectivity index (χ1) is 6.74. The van der Waals surface area contributed by atoms with E-state index < -0.39 is 5.97 Å². The minimum absolute atomic E-state index is 0.0923. The fourth-order valence-corrected chi connectivity index (χ4v) is 0.691. The summed E-state index contributed by atoms with van der Waals surface area (Å²) in [7, 11) is 0. The molecule has 0 saturated carbocycles. The van der Waals surface area contributed by atoms with Gasteiger partial charge in [-0.15, -0.1) is 0 Å². The molecule has 0 amide bonds. The van der Waals surface area contributed by atoms with Crippen molar-refractivity contribution in [2.75, 3.05) is 18.5 Å². The lowest BCUT2D eigenvalue weighted by Crippen LogP contribution is -2.01. The van der Waals surface area contributed by atoms with Crippen molar-refractivity contribution in [3.05, 3.63) is 12.0 Å². The van der Waals surface area contributed by atoms with Gasteiger partial charge >= 0.3 is 5.97 Å². The van der Waals surface area contributed by atoms with E-state index in [4.69, 9.17) is 14.6 Å². The van der Waals surface area contributed by atoms with E-state index in [2.05, 4.69) is 22.1 Å². The number of aliphatic hydroxyl groups excluding tert-OH is 1. The first kappa shape index (κ1) is 10.1. The Hall–Kier alpha value is -2.00. The molecule has 74 valence electrons. The highest BCUT2D eigenvalue weighted by molar-refractivity contribution is 5.85. The molecule has 0 saturated heterocycles. The van der Waals surface area contributed by atoms with E-state index >= 15 is 0 Å². The second kappa shape index (κ2) is 4.89. The fourth-order valence-electron chi connectivity index (χ4n) is 0.691. The molecule has 0 spiro atoms. The van der Waals surface area contributed by atoms with Crippen molar-refractivity contribution >= 4 is 12.0 Å². The number of carbonyl (C=O) groups is 1. The van der Waals surface area contributed by atoms with Gasteiger partial charge in [-0.1, -0.05) is 11.8 Å². The average Bonchev–Trinajstić information content (AvgIpc) is 2.61. The zero-order valence-corrected chi connectivity index (χ0v) is 7.15. The van der Waals surface area contributed by atoms with Crippen LogP contribution in [0.3, 0.4) is 0 Å². The van der Waals surface area contributed by atoms with Gasteiger partial charge in [-0.2, -0.15) is 4.98 Å². The lowest BCUT2D eigenvalue weighted by Gasteiger charge is -1.91. The van der Waals surface area contributed by atoms with Crippen LogP contribution >= 0.6 is 0 Å². The summed E-state index contributed by atoms with van der Waals surface area (Å²) < 4.78 is 4.77. The monoisotopic (exact) mass is 196 g/mol. The molecule has 0 radical (unpaired) electrons. The molecule has 6 heteroatoms. The van der Waals surface area contributed by atoms with E-state index in [0.29, 0.717) is 0 Å². The number of hydrogen-bond donors (Lipinski definition) is 3. The molecule has 0 aromatic carbocycles. The molecule has 14 heavy (non-hydrogen) atoms. The number of aromatic nitrogens is 1. The quantitative estimate of drug-likeness (QED) is 0.578. The SMILES string of the molecule is O=C(O)c1coc(NCC#CCO)n1. The van der Waals surface area contributed by atoms with Crippen molar-refractivity contribution in [2.45, 2.75) is 0 Å². The maximum Gasteiger partial charge on any atom is 0.357 e. The van der Waals surface area contributed by atoms with Gasteiger partial charge < -0.3 is 19.9 Å². The molecule has 1 rings (SSSR count). The van der Waals surface area contributed by atoms with Gasteiger partial charge in [0.2, 0.25) is 0 Å². The Labute approximate surface area is 79.6 Å². The van der Waals surface area contributed by atoms with Crippen molar-refractivity contribution in [1.82, 2.24) is 4.98 Å². The maximum atomic E-state index is 10.4. The molecular weight excluding hydrogens is 188 g/mol. The van der Waals surface area contributed by atoms with Crippen LogP contribution in [-0.2, 0) is 0 Å². The summed E-state index contributed by atoms with van der Waals surface area (Å²) in [4.78, 5) is 14.0. The van der Waals surface area contributed by atoms with Gasteiger partial charge in [0.15, 0.2) is 5.69 Å². The molecule has 0 aliphatic carbocycles. The Kier molecular flexibility index (Phi) is 3.52. The lowest BCUT2D eigenvalue weighted by atomic mass is 10.5. The first-order valence-electron chi connectivity index (χ1n) is 3.73. The van der Waals surface area contributed by atoms with Crippen LogP contribution in [-0.4, -0.2) is 34.3 Å². The minimum atomic E-state index is -1.15. The predicted octanol–water partition coefficient (Wildman–Crippen LogP) is -0.220. The number of anilines is 1. The van der Waals surface area contributed by atoms with Gasteiger partial charge in [0.1, 0.15) is 12.9 Å². The van der Waals surface area contributed by atoms with Gasteiger partial charge in [0, 0.05) is 0 Å². The van der Waals surface area contributed by atoms with Crippen LogP contribution in [0, 0.1) is 11.8 Å². The van der Waals surface area contributed by atoms with Crippen molar-refractivity contribution in [2.24, 2.45) is 0 Å². The van der Waals surface area contributed by atoms with Gasteiger partial charge in [0.05, 0.1) is 6.54 Å². The summed E-state index contributed by atoms with van der Waals surface area (Å²) in [5, 5.41) is 19.4. The number of carboxylic acid groups (broad SMARTS) is 1. The number of nitrogens with zero attached hydrogens (tertiary/aromatic N) is 1. The first-order valence-corrected chi connectivity index (χ1v) is 3.73. The molecule has 0 bridgehead atoms. The molecule has 0 aliphatic heterocycles. The second-order valence-electron chi connectivity index (χ2n) is 2.21. The minimum Gasteiger partial charge on any atom is -0.476 e. The van der Waals surface area contributed by atoms with Gasteiger partial charge in [-0.05, 0) is 0 Å². The zero-order chi connectivity index (χ0) is 10.4. The third-order valence-electron chi connectivity index (χ3n) is 1.26. The van der Waals surface area contributed by atoms with Gasteiger partial charge in [0.25, 0.3) is 6.01 Å². The Morgan fingerprint density at radius 3 is 3.00 bits per heavy atom. The summed E-state index contributed by atoms with van der Waals surface area (Å²) in [6, 6.07) is 0.0923. The van der Waals surface area contributed by atoms with Crippen LogP contribution in [0.2, 0.25) is 0 Å². The van der Waals surface area contributed by atoms with Crippen LogP contribution in [0.5, 0.6) is 0 Å². The number of nitrogens with one attached hydrogen (secondary N) is 1. The molecule has 0 fully saturated rings. The summed E-state index contributed by atoms with van der Waals surface area (Å²) in [6.07, 6.45) is 1.03. The highest BCUT2D eigenvalue weighted by Crippen LogP contribution is 2.06. The van der Waals surface area contributed by atoms with Crippen molar-refractivity contribution < 1.29 is 19.4 Å². The van der Waals surface area contributed by atoms with E-state index in [1.54, 1.807) is 0 Å². The fraction of sp³-hybridized carbons (Fsp3) is 0.250. The Morgan fingerprint density at radius 2 is 2.43 bits per heavy atom. The van der Waals surface area contributed by atoms with E-state index in [1.807, 2.05) is 0 Å². The molecule has 1 heterocycles. The van der Waals surface area contributed by atoms with Crippen molar-refractivity contribution in [1.29, 1.82) is 0 Å². The highest BCUT2D eigenvalue weighted by Gasteiger charge is 2.08. The topological polar surface area (TPSA) is 95.6 Å². The van der Waals surface area contributed by atoms with Crippen LogP contribution in [0.25, 0.3) is 0 Å². The third-order valence-corrected chi connectivity index (χ3v) is 1.26. The number of aromatic carboxylic acids is 1. The standard InChI is InChI=1S/C8H8N2O4/c11-4-2-1-3-9-8-10-6(5-14-8)7(12)13/h5,11H,3-4H2,(H,9,10)(H,12,13). The number of aliphatic hydroxyl groups is 1. The van der Waals surface area contributed by atoms with Crippen molar-refractivity contribution in [3.63, 3.8) is 0 Å². The largest absolute Gasteiger partial charge is 0.476 e. The summed E-state index contributed by atoms with van der Waals surface area (Å²) in [5.41, 5.74) is -0.164. The van der Waals surface area contributed by atoms with Crippen LogP contribution in [0.4, 0.5) is 6.01 Å². The second-order valence-corrected chi connectivity index (χ2v) is 2.21. The molecule has 1 aromatic heterocycles. The molecular formula is C8H8N2O4. The summed E-state index contributed by atoms with van der Waals surface area (Å²) in [5.74, 6) is 3.82. The molecule has 0 atom stereocenters. The summed E-state index contributed by atoms with van der Waals surface area (Å²) in [6.45, 7) is 0.0216. The molecule has 0 aliphatic rings. The Balaban J connectivity index is 2.48. The Morgan fingerprint density at radius 1 is 1.64 bits per heavy atom. The third kappa shape index (κ3) is 2.80. The maximum absolute atomic E-state index is 10.4. The lowest BCUT2D eigenvalue weighted by molar-refractivity contribution is 0.0690. The number of rotatable bonds is 3. The van der Waals surface area contributed by atoms with Crippen molar-refractivity contribution in [3.8, 4) is 11.8 Å². The van der Waals surface area contributed by atoms with E-state index in [0.717, 1.165) is 6.26 Å². The average molecular weight is 196 g/mol. The van der Waals surface area contributed by atoms with Crippen LogP contribution in [0.1, 0.15) is 10.5 Å². The smallest absolute Gasteiger partial charge is 0.357 e. The van der Waals surface area contributed by atoms with E-state index in [-0.39, 0.29) is 24.9 Å². The molecule has 0 unspecified atom stereocenters. The van der Waals surface area contributed by atoms with Crippen LogP contribution < -0.4 is 5.32 Å². The van der Waals surface area contributed by atoms with Gasteiger partial charge in [-0.25, -0.2) is 4.79 Å². The normalized spacial score (nSPS) is 8.93. The zero-order valence-electron chi connectivity index (χ0n) is 7.15. The Bertz CT molecular complexity index is 374. The highest BCUT2D eigenvalue weighted by atomic mass is 16.4. The number of hydrogen-bond acceptors (Lipinski definition) is 5. The van der Waals surface area contributed by atoms with Crippen LogP contribution in [0.15, 0.2) is 10.7 Å². The predicted molar refractivity (Wildman–Crippen MR) is 46.8 cm³/mol. The number of oxazole rings is 1. The number of carboxylic acids is 1. The molecule has 3 N–H and O–H groups in total. The molecule has 6 nitrogen and oxygen atoms in total. The van der Waals surface area contributed by atoms with Gasteiger partial charge in [-0.3, -0.25) is 0 Å². The van der Waals surface area contributed by atoms with E-state index in [1.165, 1.54) is 0 Å².